The number of carbonyl (C=O) groups excluding carboxylic acids is 3. The van der Waals surface area contributed by atoms with Gasteiger partial charge >= 0.3 is 17.9 Å². The summed E-state index contributed by atoms with van der Waals surface area (Å²) in [5.74, 6) is -1.19. The zero-order chi connectivity index (χ0) is 18.4. The normalized spacial score (nSPS) is 27.9. The number of ether oxygens (including phenoxy) is 3. The number of carbonyl (C=O) groups is 3. The molecule has 1 aliphatic carbocycles. The summed E-state index contributed by atoms with van der Waals surface area (Å²) in [5.41, 5.74) is 2.37. The van der Waals surface area contributed by atoms with Crippen molar-refractivity contribution in [1.82, 2.24) is 0 Å². The fraction of sp³-hybridized carbons (Fsp3) is 0.526. The van der Waals surface area contributed by atoms with Crippen molar-refractivity contribution >= 4 is 17.9 Å². The Kier molecular flexibility index (Phi) is 6.56. The van der Waals surface area contributed by atoms with Crippen LogP contribution in [0.25, 0.3) is 0 Å². The van der Waals surface area contributed by atoms with E-state index in [-0.39, 0.29) is 37.0 Å². The highest BCUT2D eigenvalue weighted by Gasteiger charge is 2.37. The van der Waals surface area contributed by atoms with Crippen molar-refractivity contribution in [1.29, 1.82) is 0 Å². The molecule has 0 spiro atoms. The minimum Gasteiger partial charge on any atom is -0.461 e. The smallest absolute Gasteiger partial charge is 0.334 e. The maximum atomic E-state index is 11.9. The second-order valence-electron chi connectivity index (χ2n) is 6.33. The molecule has 0 N–H and O–H groups in total. The Hall–Kier alpha value is -2.37. The lowest BCUT2D eigenvalue weighted by Gasteiger charge is -2.19. The van der Waals surface area contributed by atoms with Crippen LogP contribution >= 0.6 is 0 Å². The molecular weight excluding hydrogens is 324 g/mol. The zero-order valence-corrected chi connectivity index (χ0v) is 14.7. The Morgan fingerprint density at radius 3 is 2.44 bits per heavy atom. The van der Waals surface area contributed by atoms with Crippen molar-refractivity contribution in [3.63, 3.8) is 0 Å². The molecule has 2 atom stereocenters. The Balaban J connectivity index is 2.18. The highest BCUT2D eigenvalue weighted by atomic mass is 16.6. The monoisotopic (exact) mass is 348 g/mol. The molecule has 25 heavy (non-hydrogen) atoms. The second kappa shape index (κ2) is 8.65. The van der Waals surface area contributed by atoms with Crippen LogP contribution in [0.1, 0.15) is 39.5 Å². The van der Waals surface area contributed by atoms with E-state index in [1.807, 2.05) is 12.2 Å². The van der Waals surface area contributed by atoms with Crippen LogP contribution in [0.15, 0.2) is 35.5 Å². The van der Waals surface area contributed by atoms with E-state index in [0.29, 0.717) is 24.8 Å². The maximum absolute atomic E-state index is 11.9. The van der Waals surface area contributed by atoms with Gasteiger partial charge in [0.05, 0.1) is 0 Å². The van der Waals surface area contributed by atoms with Crippen LogP contribution in [0.2, 0.25) is 0 Å². The minimum absolute atomic E-state index is 0.126. The Morgan fingerprint density at radius 1 is 1.16 bits per heavy atom. The molecule has 0 saturated carbocycles. The van der Waals surface area contributed by atoms with Gasteiger partial charge in [0.1, 0.15) is 19.3 Å². The second-order valence-corrected chi connectivity index (χ2v) is 6.33. The molecule has 0 radical (unpaired) electrons. The van der Waals surface area contributed by atoms with Crippen LogP contribution < -0.4 is 0 Å². The predicted octanol–water partition coefficient (Wildman–Crippen LogP) is 2.64. The van der Waals surface area contributed by atoms with Crippen molar-refractivity contribution in [3.05, 3.63) is 35.5 Å². The van der Waals surface area contributed by atoms with E-state index in [9.17, 15) is 14.4 Å². The van der Waals surface area contributed by atoms with E-state index >= 15 is 0 Å². The molecular formula is C19H24O6. The molecule has 0 aromatic heterocycles. The predicted molar refractivity (Wildman–Crippen MR) is 90.4 cm³/mol. The summed E-state index contributed by atoms with van der Waals surface area (Å²) in [5, 5.41) is 0. The number of hydrogen-bond acceptors (Lipinski definition) is 6. The van der Waals surface area contributed by atoms with E-state index in [4.69, 9.17) is 14.2 Å². The fourth-order valence-corrected chi connectivity index (χ4v) is 2.98. The standard InChI is InChI=1S/C19H24O6/c1-12-17-8-7-15(10-23-13(2)20)5-4-6-16(11-24-14(3)21)9-18(17)25-19(12)22/h5,9,17-18H,1,4,6-8,10-11H2,2-3H3/b15-5+,16-9+/t17-,18+/m0/s1. The number of rotatable bonds is 4. The summed E-state index contributed by atoms with van der Waals surface area (Å²) in [6.45, 7) is 7.01. The molecule has 0 amide bonds. The molecule has 2 aliphatic rings. The van der Waals surface area contributed by atoms with E-state index in [0.717, 1.165) is 17.6 Å². The van der Waals surface area contributed by atoms with Crippen LogP contribution in [0.3, 0.4) is 0 Å². The minimum atomic E-state index is -0.390. The van der Waals surface area contributed by atoms with Gasteiger partial charge in [-0.25, -0.2) is 4.79 Å². The highest BCUT2D eigenvalue weighted by molar-refractivity contribution is 5.91. The largest absolute Gasteiger partial charge is 0.461 e. The summed E-state index contributed by atoms with van der Waals surface area (Å²) in [7, 11) is 0. The maximum Gasteiger partial charge on any atom is 0.334 e. The van der Waals surface area contributed by atoms with Gasteiger partial charge in [0.15, 0.2) is 0 Å². The Morgan fingerprint density at radius 2 is 1.80 bits per heavy atom. The lowest BCUT2D eigenvalue weighted by atomic mass is 9.88. The first kappa shape index (κ1) is 19.0. The van der Waals surface area contributed by atoms with Gasteiger partial charge in [0, 0.05) is 25.3 Å². The third-order valence-electron chi connectivity index (χ3n) is 4.35. The van der Waals surface area contributed by atoms with Crippen molar-refractivity contribution in [3.8, 4) is 0 Å². The van der Waals surface area contributed by atoms with Crippen LogP contribution in [0.4, 0.5) is 0 Å². The molecule has 1 fully saturated rings. The number of fused-ring (bicyclic) bond motifs is 1. The van der Waals surface area contributed by atoms with Gasteiger partial charge in [-0.1, -0.05) is 12.7 Å². The molecule has 0 bridgehead atoms. The van der Waals surface area contributed by atoms with Gasteiger partial charge in [-0.05, 0) is 42.9 Å². The molecule has 2 rings (SSSR count). The molecule has 1 heterocycles. The van der Waals surface area contributed by atoms with E-state index in [1.165, 1.54) is 13.8 Å². The van der Waals surface area contributed by atoms with Gasteiger partial charge in [0.25, 0.3) is 0 Å². The molecule has 0 aromatic carbocycles. The van der Waals surface area contributed by atoms with E-state index in [1.54, 1.807) is 0 Å². The average molecular weight is 348 g/mol. The average Bonchev–Trinajstić information content (AvgIpc) is 2.81. The van der Waals surface area contributed by atoms with E-state index in [2.05, 4.69) is 6.58 Å². The first-order valence-corrected chi connectivity index (χ1v) is 8.40. The summed E-state index contributed by atoms with van der Waals surface area (Å²) >= 11 is 0. The first-order chi connectivity index (χ1) is 11.9. The van der Waals surface area contributed by atoms with Gasteiger partial charge in [-0.3, -0.25) is 9.59 Å². The van der Waals surface area contributed by atoms with Crippen molar-refractivity contribution in [2.24, 2.45) is 5.92 Å². The first-order valence-electron chi connectivity index (χ1n) is 8.40. The van der Waals surface area contributed by atoms with Gasteiger partial charge < -0.3 is 14.2 Å². The van der Waals surface area contributed by atoms with Gasteiger partial charge in [0.2, 0.25) is 0 Å². The third kappa shape index (κ3) is 5.59. The summed E-state index contributed by atoms with van der Waals surface area (Å²) < 4.78 is 15.6. The quantitative estimate of drug-likeness (QED) is 0.336. The highest BCUT2D eigenvalue weighted by Crippen LogP contribution is 2.34. The van der Waals surface area contributed by atoms with Gasteiger partial charge in [-0.15, -0.1) is 0 Å². The molecule has 1 aliphatic heterocycles. The molecule has 6 nitrogen and oxygen atoms in total. The third-order valence-corrected chi connectivity index (χ3v) is 4.35. The Labute approximate surface area is 147 Å². The lowest BCUT2D eigenvalue weighted by molar-refractivity contribution is -0.141. The topological polar surface area (TPSA) is 78.9 Å². The number of esters is 3. The molecule has 0 unspecified atom stereocenters. The number of hydrogen-bond donors (Lipinski definition) is 0. The zero-order valence-electron chi connectivity index (χ0n) is 14.7. The van der Waals surface area contributed by atoms with Crippen LogP contribution in [-0.2, 0) is 28.6 Å². The van der Waals surface area contributed by atoms with Crippen LogP contribution in [-0.4, -0.2) is 37.2 Å². The summed E-state index contributed by atoms with van der Waals surface area (Å²) in [6, 6.07) is 0. The number of allylic oxidation sites excluding steroid dienone is 1. The summed E-state index contributed by atoms with van der Waals surface area (Å²) in [6.07, 6.45) is 6.33. The van der Waals surface area contributed by atoms with Crippen molar-refractivity contribution < 1.29 is 28.6 Å². The van der Waals surface area contributed by atoms with Gasteiger partial charge in [-0.2, -0.15) is 0 Å². The Bertz CT molecular complexity index is 628. The van der Waals surface area contributed by atoms with E-state index < -0.39 is 6.10 Å². The van der Waals surface area contributed by atoms with Crippen molar-refractivity contribution in [2.75, 3.05) is 13.2 Å². The lowest BCUT2D eigenvalue weighted by Crippen LogP contribution is -2.17. The summed E-state index contributed by atoms with van der Waals surface area (Å²) in [4.78, 5) is 34.0. The molecule has 0 aromatic rings. The van der Waals surface area contributed by atoms with Crippen LogP contribution in [0.5, 0.6) is 0 Å². The molecule has 1 saturated heterocycles. The molecule has 6 heteroatoms. The SMILES string of the molecule is C=C1C(=O)O[C@@H]2/C=C(/COC(C)=O)CC/C=C(/COC(C)=O)CC[C@@H]12. The van der Waals surface area contributed by atoms with Crippen molar-refractivity contribution in [2.45, 2.75) is 45.6 Å². The van der Waals surface area contributed by atoms with Crippen LogP contribution in [0, 0.1) is 5.92 Å². The fourth-order valence-electron chi connectivity index (χ4n) is 2.98. The molecule has 136 valence electrons.